The van der Waals surface area contributed by atoms with Crippen molar-refractivity contribution < 1.29 is 0 Å². The molecular weight excluding hydrogens is 1170 g/mol. The van der Waals surface area contributed by atoms with Crippen molar-refractivity contribution in [3.63, 3.8) is 0 Å². The van der Waals surface area contributed by atoms with E-state index >= 15 is 0 Å². The van der Waals surface area contributed by atoms with E-state index in [1.165, 1.54) is 21.5 Å². The minimum atomic E-state index is 0.598. The second kappa shape index (κ2) is 24.9. The molecule has 0 amide bonds. The summed E-state index contributed by atoms with van der Waals surface area (Å²) in [5.41, 5.74) is 21.4. The highest BCUT2D eigenvalue weighted by atomic mass is 14.9. The zero-order valence-electron chi connectivity index (χ0n) is 51.9. The summed E-state index contributed by atoms with van der Waals surface area (Å²) in [6, 6.07) is 117. The quantitative estimate of drug-likeness (QED) is 0.133. The molecular formula is C88H56N8. The molecule has 0 N–H and O–H groups in total. The summed E-state index contributed by atoms with van der Waals surface area (Å²) in [5.74, 6) is 1.20. The molecule has 18 rings (SSSR count). The lowest BCUT2D eigenvalue weighted by Gasteiger charge is -2.10. The van der Waals surface area contributed by atoms with E-state index in [1.54, 1.807) is 0 Å². The lowest BCUT2D eigenvalue weighted by molar-refractivity contribution is 1.16. The number of nitrogens with zero attached hydrogens (tertiary/aromatic N) is 8. The van der Waals surface area contributed by atoms with Crippen molar-refractivity contribution in [1.29, 1.82) is 0 Å². The molecule has 0 radical (unpaired) electrons. The highest BCUT2D eigenvalue weighted by Gasteiger charge is 2.17. The summed E-state index contributed by atoms with van der Waals surface area (Å²) in [7, 11) is 0. The van der Waals surface area contributed by atoms with Crippen LogP contribution in [0.15, 0.2) is 340 Å². The smallest absolute Gasteiger partial charge is 0.179 e. The number of aromatic nitrogens is 8. The Balaban J connectivity index is 0.000000145. The Kier molecular flexibility index (Phi) is 14.7. The van der Waals surface area contributed by atoms with Gasteiger partial charge in [0, 0.05) is 54.9 Å². The lowest BCUT2D eigenvalue weighted by atomic mass is 9.99. The second-order valence-electron chi connectivity index (χ2n) is 23.9. The first kappa shape index (κ1) is 56.9. The third-order valence-electron chi connectivity index (χ3n) is 17.7. The van der Waals surface area contributed by atoms with Gasteiger partial charge in [-0.1, -0.05) is 261 Å². The molecule has 0 bridgehead atoms. The van der Waals surface area contributed by atoms with Crippen molar-refractivity contribution in [2.24, 2.45) is 0 Å². The van der Waals surface area contributed by atoms with Crippen LogP contribution in [0.2, 0.25) is 0 Å². The maximum Gasteiger partial charge on any atom is 0.179 e. The van der Waals surface area contributed by atoms with Crippen LogP contribution in [0, 0.1) is 0 Å². The lowest BCUT2D eigenvalue weighted by Crippen LogP contribution is -1.97. The molecule has 0 fully saturated rings. The van der Waals surface area contributed by atoms with Crippen molar-refractivity contribution in [1.82, 2.24) is 39.9 Å². The highest BCUT2D eigenvalue weighted by Crippen LogP contribution is 2.36. The summed E-state index contributed by atoms with van der Waals surface area (Å²) < 4.78 is 0. The molecule has 0 unspecified atom stereocenters. The third-order valence-corrected chi connectivity index (χ3v) is 17.7. The number of hydrogen-bond acceptors (Lipinski definition) is 8. The molecule has 18 aromatic rings. The number of hydrogen-bond donors (Lipinski definition) is 0. The molecule has 96 heavy (non-hydrogen) atoms. The van der Waals surface area contributed by atoms with Gasteiger partial charge in [-0.25, -0.2) is 39.9 Å². The first-order valence-electron chi connectivity index (χ1n) is 32.1. The Labute approximate surface area is 554 Å². The van der Waals surface area contributed by atoms with Gasteiger partial charge in [-0.2, -0.15) is 0 Å². The Hall–Kier alpha value is -13.0. The highest BCUT2D eigenvalue weighted by molar-refractivity contribution is 5.98. The van der Waals surface area contributed by atoms with E-state index in [-0.39, 0.29) is 0 Å². The predicted molar refractivity (Wildman–Crippen MR) is 395 cm³/mol. The van der Waals surface area contributed by atoms with Gasteiger partial charge in [0.1, 0.15) is 11.4 Å². The van der Waals surface area contributed by atoms with Gasteiger partial charge in [0.15, 0.2) is 11.6 Å². The van der Waals surface area contributed by atoms with E-state index in [2.05, 4.69) is 243 Å². The fraction of sp³-hybridized carbons (Fsp3) is 0. The third kappa shape index (κ3) is 11.5. The Morgan fingerprint density at radius 1 is 0.146 bits per heavy atom. The van der Waals surface area contributed by atoms with Crippen molar-refractivity contribution in [2.75, 3.05) is 0 Å². The average molecular weight is 1230 g/mol. The maximum absolute atomic E-state index is 5.10. The fourth-order valence-electron chi connectivity index (χ4n) is 12.7. The minimum absolute atomic E-state index is 0.598. The minimum Gasteiger partial charge on any atom is -0.248 e. The fourth-order valence-corrected chi connectivity index (χ4v) is 12.7. The summed E-state index contributed by atoms with van der Waals surface area (Å²) in [6.45, 7) is 0. The molecule has 0 aliphatic carbocycles. The van der Waals surface area contributed by atoms with Gasteiger partial charge in [-0.05, 0) is 123 Å². The summed E-state index contributed by atoms with van der Waals surface area (Å²) >= 11 is 0. The Bertz CT molecular complexity index is 5840. The molecule has 448 valence electrons. The molecule has 6 heterocycles. The van der Waals surface area contributed by atoms with Gasteiger partial charge in [-0.15, -0.1) is 0 Å². The van der Waals surface area contributed by atoms with E-state index in [0.29, 0.717) is 11.6 Å². The van der Waals surface area contributed by atoms with E-state index in [1.807, 2.05) is 97.1 Å². The van der Waals surface area contributed by atoms with E-state index in [4.69, 9.17) is 39.9 Å². The largest absolute Gasteiger partial charge is 0.248 e. The van der Waals surface area contributed by atoms with Crippen LogP contribution in [0.4, 0.5) is 0 Å². The van der Waals surface area contributed by atoms with Gasteiger partial charge < -0.3 is 0 Å². The standard InChI is InChI=1S/2C44H28N4/c1-3-11-30(12-4-1)42-28-43(31-13-5-2-6-14-31)48-44(47-42)40-25-20-32-18-19-34(27-41(32)46-40)33-21-23-38-35(26-33)22-24-39(45-38)37-17-9-15-29-10-7-8-16-36(29)37;1-3-10-30(11-4-1)42-28-43(31-12-5-2-6-13-31)48-44(47-42)40-24-19-32-16-17-35(27-41(32)46-40)34-20-22-38-37(26-34)21-23-39(45-38)36-18-15-29-9-7-8-14-33(29)25-36/h2*1-28H. The van der Waals surface area contributed by atoms with E-state index < -0.39 is 0 Å². The summed E-state index contributed by atoms with van der Waals surface area (Å²) in [5, 5.41) is 9.18. The Morgan fingerprint density at radius 2 is 0.490 bits per heavy atom. The first-order chi connectivity index (χ1) is 47.5. The Morgan fingerprint density at radius 3 is 1.00 bits per heavy atom. The van der Waals surface area contributed by atoms with Gasteiger partial charge in [0.25, 0.3) is 0 Å². The van der Waals surface area contributed by atoms with Crippen molar-refractivity contribution in [2.45, 2.75) is 0 Å². The topological polar surface area (TPSA) is 103 Å². The van der Waals surface area contributed by atoms with Crippen LogP contribution in [-0.4, -0.2) is 39.9 Å². The number of pyridine rings is 4. The van der Waals surface area contributed by atoms with Crippen LogP contribution in [0.25, 0.3) is 178 Å². The molecule has 8 nitrogen and oxygen atoms in total. The van der Waals surface area contributed by atoms with E-state index in [0.717, 1.165) is 145 Å². The zero-order valence-corrected chi connectivity index (χ0v) is 51.9. The molecule has 0 saturated carbocycles. The predicted octanol–water partition coefficient (Wildman–Crippen LogP) is 22.1. The molecule has 8 heteroatoms. The van der Waals surface area contributed by atoms with Gasteiger partial charge in [-0.3, -0.25) is 0 Å². The SMILES string of the molecule is c1ccc(-c2cc(-c3ccccc3)nc(-c3ccc4ccc(-c5ccc6nc(-c7ccc8ccccc8c7)ccc6c5)cc4n3)n2)cc1.c1ccc(-c2cc(-c3ccccc3)nc(-c3ccc4ccc(-c5ccc6nc(-c7cccc8ccccc78)ccc6c5)cc4n3)n2)cc1. The molecule has 0 aliphatic rings. The van der Waals surface area contributed by atoms with Crippen molar-refractivity contribution in [3.8, 4) is 113 Å². The van der Waals surface area contributed by atoms with Gasteiger partial charge in [0.05, 0.1) is 56.2 Å². The van der Waals surface area contributed by atoms with Gasteiger partial charge in [0.2, 0.25) is 0 Å². The second-order valence-corrected chi connectivity index (χ2v) is 23.9. The molecule has 6 aromatic heterocycles. The molecule has 12 aromatic carbocycles. The van der Waals surface area contributed by atoms with Crippen LogP contribution >= 0.6 is 0 Å². The molecule has 0 saturated heterocycles. The normalized spacial score (nSPS) is 11.3. The molecule has 0 aliphatic heterocycles. The molecule has 0 spiro atoms. The molecule has 0 atom stereocenters. The summed E-state index contributed by atoms with van der Waals surface area (Å²) in [4.78, 5) is 40.2. The monoisotopic (exact) mass is 1220 g/mol. The van der Waals surface area contributed by atoms with Crippen LogP contribution in [-0.2, 0) is 0 Å². The van der Waals surface area contributed by atoms with Crippen LogP contribution in [0.1, 0.15) is 0 Å². The number of fused-ring (bicyclic) bond motifs is 6. The van der Waals surface area contributed by atoms with Gasteiger partial charge >= 0.3 is 0 Å². The van der Waals surface area contributed by atoms with Crippen LogP contribution < -0.4 is 0 Å². The maximum atomic E-state index is 5.10. The number of rotatable bonds is 10. The average Bonchev–Trinajstić information content (AvgIpc) is 0.892. The van der Waals surface area contributed by atoms with Crippen LogP contribution in [0.5, 0.6) is 0 Å². The van der Waals surface area contributed by atoms with Crippen LogP contribution in [0.3, 0.4) is 0 Å². The zero-order chi connectivity index (χ0) is 63.7. The summed E-state index contributed by atoms with van der Waals surface area (Å²) in [6.07, 6.45) is 0. The van der Waals surface area contributed by atoms with Crippen molar-refractivity contribution >= 4 is 65.2 Å². The van der Waals surface area contributed by atoms with Crippen molar-refractivity contribution in [3.05, 3.63) is 340 Å². The number of benzene rings is 12. The van der Waals surface area contributed by atoms with E-state index in [9.17, 15) is 0 Å². The first-order valence-corrected chi connectivity index (χ1v) is 32.1.